The highest BCUT2D eigenvalue weighted by Gasteiger charge is 2.32. The predicted molar refractivity (Wildman–Crippen MR) is 49.3 cm³/mol. The van der Waals surface area contributed by atoms with Crippen LogP contribution in [0.2, 0.25) is 0 Å². The molecule has 0 radical (unpaired) electrons. The van der Waals surface area contributed by atoms with Gasteiger partial charge in [-0.3, -0.25) is 5.41 Å². The van der Waals surface area contributed by atoms with Crippen molar-refractivity contribution in [2.24, 2.45) is 5.73 Å². The molecule has 1 unspecified atom stereocenters. The van der Waals surface area contributed by atoms with Gasteiger partial charge in [0.25, 0.3) is 0 Å². The third-order valence-corrected chi connectivity index (χ3v) is 2.34. The quantitative estimate of drug-likeness (QED) is 0.498. The summed E-state index contributed by atoms with van der Waals surface area (Å²) in [6.45, 7) is 4.35. The van der Waals surface area contributed by atoms with Gasteiger partial charge in [-0.1, -0.05) is 11.8 Å². The van der Waals surface area contributed by atoms with E-state index in [2.05, 4.69) is 0 Å². The zero-order chi connectivity index (χ0) is 9.19. The topological polar surface area (TPSA) is 68.3 Å². The van der Waals surface area contributed by atoms with E-state index >= 15 is 0 Å². The molecule has 0 spiro atoms. The number of ether oxygens (including phenoxy) is 2. The first kappa shape index (κ1) is 9.83. The Balaban J connectivity index is 2.24. The standard InChI is InChI=1S/C7H14N2O2S/c1-7(2)10-3-5(11-7)4-12-6(8)9/h5H,3-4H2,1-2H3,(H3,8,9). The van der Waals surface area contributed by atoms with Crippen molar-refractivity contribution >= 4 is 16.9 Å². The van der Waals surface area contributed by atoms with Crippen molar-refractivity contribution in [3.63, 3.8) is 0 Å². The second-order valence-corrected chi connectivity index (χ2v) is 4.19. The van der Waals surface area contributed by atoms with Crippen LogP contribution in [-0.2, 0) is 9.47 Å². The van der Waals surface area contributed by atoms with Crippen LogP contribution >= 0.6 is 11.8 Å². The summed E-state index contributed by atoms with van der Waals surface area (Å²) >= 11 is 1.29. The SMILES string of the molecule is CC1(C)OCC(CSC(=N)N)O1. The van der Waals surface area contributed by atoms with Gasteiger partial charge < -0.3 is 15.2 Å². The highest BCUT2D eigenvalue weighted by Crippen LogP contribution is 2.24. The largest absolute Gasteiger partial charge is 0.379 e. The Hall–Kier alpha value is -0.260. The molecule has 3 N–H and O–H groups in total. The highest BCUT2D eigenvalue weighted by atomic mass is 32.2. The Labute approximate surface area is 76.3 Å². The van der Waals surface area contributed by atoms with E-state index < -0.39 is 5.79 Å². The third-order valence-electron chi connectivity index (χ3n) is 1.49. The summed E-state index contributed by atoms with van der Waals surface area (Å²) in [5.74, 6) is 0.223. The fraction of sp³-hybridized carbons (Fsp3) is 0.857. The molecular weight excluding hydrogens is 176 g/mol. The van der Waals surface area contributed by atoms with Crippen LogP contribution in [0.5, 0.6) is 0 Å². The van der Waals surface area contributed by atoms with Gasteiger partial charge in [0.15, 0.2) is 11.0 Å². The zero-order valence-corrected chi connectivity index (χ0v) is 8.11. The Morgan fingerprint density at radius 3 is 2.83 bits per heavy atom. The molecule has 0 aromatic rings. The summed E-state index contributed by atoms with van der Waals surface area (Å²) < 4.78 is 10.8. The summed E-state index contributed by atoms with van der Waals surface area (Å²) in [7, 11) is 0. The molecule has 1 rings (SSSR count). The Morgan fingerprint density at radius 1 is 1.75 bits per heavy atom. The minimum Gasteiger partial charge on any atom is -0.379 e. The number of rotatable bonds is 2. The monoisotopic (exact) mass is 190 g/mol. The molecule has 12 heavy (non-hydrogen) atoms. The molecule has 1 atom stereocenters. The van der Waals surface area contributed by atoms with Gasteiger partial charge in [-0.25, -0.2) is 0 Å². The van der Waals surface area contributed by atoms with Crippen LogP contribution in [0.1, 0.15) is 13.8 Å². The molecule has 0 aromatic carbocycles. The van der Waals surface area contributed by atoms with E-state index in [4.69, 9.17) is 20.6 Å². The van der Waals surface area contributed by atoms with Gasteiger partial charge in [-0.05, 0) is 13.8 Å². The van der Waals surface area contributed by atoms with E-state index in [0.29, 0.717) is 12.4 Å². The Kier molecular flexibility index (Phi) is 2.98. The second kappa shape index (κ2) is 3.64. The van der Waals surface area contributed by atoms with Gasteiger partial charge in [0, 0.05) is 5.75 Å². The summed E-state index contributed by atoms with van der Waals surface area (Å²) in [5, 5.41) is 7.13. The molecule has 1 saturated heterocycles. The molecule has 1 aliphatic heterocycles. The van der Waals surface area contributed by atoms with Crippen molar-refractivity contribution < 1.29 is 9.47 Å². The summed E-state index contributed by atoms with van der Waals surface area (Å²) in [6, 6.07) is 0. The van der Waals surface area contributed by atoms with Gasteiger partial charge in [-0.15, -0.1) is 0 Å². The van der Waals surface area contributed by atoms with Gasteiger partial charge in [0.05, 0.1) is 12.7 Å². The van der Waals surface area contributed by atoms with Crippen LogP contribution in [0.3, 0.4) is 0 Å². The summed E-state index contributed by atoms with van der Waals surface area (Å²) in [4.78, 5) is 0. The minimum absolute atomic E-state index is 0.0638. The molecule has 0 bridgehead atoms. The lowest BCUT2D eigenvalue weighted by molar-refractivity contribution is -0.135. The van der Waals surface area contributed by atoms with Gasteiger partial charge in [-0.2, -0.15) is 0 Å². The molecule has 0 saturated carbocycles. The Morgan fingerprint density at radius 2 is 2.42 bits per heavy atom. The van der Waals surface area contributed by atoms with Crippen LogP contribution < -0.4 is 5.73 Å². The lowest BCUT2D eigenvalue weighted by atomic mass is 10.4. The summed E-state index contributed by atoms with van der Waals surface area (Å²) in [5.41, 5.74) is 5.19. The number of hydrogen-bond donors (Lipinski definition) is 2. The molecule has 1 fully saturated rings. The van der Waals surface area contributed by atoms with E-state index in [-0.39, 0.29) is 11.3 Å². The number of nitrogens with two attached hydrogens (primary N) is 1. The van der Waals surface area contributed by atoms with E-state index in [0.717, 1.165) is 0 Å². The molecule has 1 aliphatic rings. The van der Waals surface area contributed by atoms with Crippen molar-refractivity contribution in [3.8, 4) is 0 Å². The summed E-state index contributed by atoms with van der Waals surface area (Å²) in [6.07, 6.45) is 0.0638. The van der Waals surface area contributed by atoms with Crippen molar-refractivity contribution in [1.82, 2.24) is 0 Å². The van der Waals surface area contributed by atoms with Crippen molar-refractivity contribution in [2.75, 3.05) is 12.4 Å². The lowest BCUT2D eigenvalue weighted by Gasteiger charge is -2.16. The maximum absolute atomic E-state index is 7.00. The van der Waals surface area contributed by atoms with E-state index in [9.17, 15) is 0 Å². The molecule has 0 amide bonds. The lowest BCUT2D eigenvalue weighted by Crippen LogP contribution is -2.23. The van der Waals surface area contributed by atoms with Gasteiger partial charge in [0.1, 0.15) is 0 Å². The first-order chi connectivity index (χ1) is 5.49. The molecule has 1 heterocycles. The van der Waals surface area contributed by atoms with Crippen LogP contribution in [0, 0.1) is 5.41 Å². The van der Waals surface area contributed by atoms with Crippen molar-refractivity contribution in [3.05, 3.63) is 0 Å². The van der Waals surface area contributed by atoms with Gasteiger partial charge >= 0.3 is 0 Å². The fourth-order valence-electron chi connectivity index (χ4n) is 1.03. The number of nitrogens with one attached hydrogen (secondary N) is 1. The molecule has 70 valence electrons. The maximum atomic E-state index is 7.00. The average molecular weight is 190 g/mol. The second-order valence-electron chi connectivity index (χ2n) is 3.13. The van der Waals surface area contributed by atoms with Crippen LogP contribution in [-0.4, -0.2) is 29.4 Å². The first-order valence-corrected chi connectivity index (χ1v) is 4.77. The number of thioether (sulfide) groups is 1. The fourth-order valence-corrected chi connectivity index (χ4v) is 1.56. The van der Waals surface area contributed by atoms with Crippen LogP contribution in [0.25, 0.3) is 0 Å². The number of amidine groups is 1. The minimum atomic E-state index is -0.470. The smallest absolute Gasteiger partial charge is 0.163 e. The zero-order valence-electron chi connectivity index (χ0n) is 7.29. The third kappa shape index (κ3) is 3.00. The average Bonchev–Trinajstić information content (AvgIpc) is 2.26. The molecular formula is C7H14N2O2S. The molecule has 0 aromatic heterocycles. The van der Waals surface area contributed by atoms with E-state index in [1.54, 1.807) is 0 Å². The van der Waals surface area contributed by atoms with Crippen LogP contribution in [0.4, 0.5) is 0 Å². The van der Waals surface area contributed by atoms with E-state index in [1.807, 2.05) is 13.8 Å². The molecule has 4 nitrogen and oxygen atoms in total. The Bertz CT molecular complexity index is 184. The number of hydrogen-bond acceptors (Lipinski definition) is 4. The molecule has 0 aliphatic carbocycles. The van der Waals surface area contributed by atoms with Crippen LogP contribution in [0.15, 0.2) is 0 Å². The first-order valence-electron chi connectivity index (χ1n) is 3.78. The van der Waals surface area contributed by atoms with Crippen molar-refractivity contribution in [1.29, 1.82) is 5.41 Å². The maximum Gasteiger partial charge on any atom is 0.163 e. The predicted octanol–water partition coefficient (Wildman–Crippen LogP) is 0.765. The highest BCUT2D eigenvalue weighted by molar-refractivity contribution is 8.13. The van der Waals surface area contributed by atoms with E-state index in [1.165, 1.54) is 11.8 Å². The normalized spacial score (nSPS) is 27.3. The molecule has 5 heteroatoms. The van der Waals surface area contributed by atoms with Gasteiger partial charge in [0.2, 0.25) is 0 Å². The van der Waals surface area contributed by atoms with Crippen molar-refractivity contribution in [2.45, 2.75) is 25.7 Å².